The summed E-state index contributed by atoms with van der Waals surface area (Å²) in [5.74, 6) is 0.640. The average Bonchev–Trinajstić information content (AvgIpc) is 3.11. The summed E-state index contributed by atoms with van der Waals surface area (Å²) >= 11 is 12.5. The van der Waals surface area contributed by atoms with Crippen LogP contribution in [0, 0.1) is 4.77 Å². The Morgan fingerprint density at radius 3 is 2.96 bits per heavy atom. The van der Waals surface area contributed by atoms with Crippen LogP contribution in [-0.4, -0.2) is 25.7 Å². The molecule has 2 aromatic heterocycles. The van der Waals surface area contributed by atoms with Gasteiger partial charge in [0.15, 0.2) is 9.90 Å². The first kappa shape index (κ1) is 16.8. The van der Waals surface area contributed by atoms with E-state index in [1.165, 1.54) is 11.3 Å². The van der Waals surface area contributed by atoms with Crippen LogP contribution in [0.1, 0.15) is 17.1 Å². The molecular formula is C15H14ClN5OS2. The monoisotopic (exact) mass is 379 g/mol. The highest BCUT2D eigenvalue weighted by Crippen LogP contribution is 2.19. The van der Waals surface area contributed by atoms with Crippen LogP contribution in [-0.2, 0) is 24.7 Å². The molecule has 0 bridgehead atoms. The van der Waals surface area contributed by atoms with Gasteiger partial charge in [-0.2, -0.15) is 5.10 Å². The fraction of sp³-hybridized carbons (Fsp3) is 0.200. The number of anilines is 1. The van der Waals surface area contributed by atoms with Gasteiger partial charge < -0.3 is 9.88 Å². The Morgan fingerprint density at radius 2 is 2.25 bits per heavy atom. The molecule has 0 radical (unpaired) electrons. The van der Waals surface area contributed by atoms with Gasteiger partial charge in [0.2, 0.25) is 5.91 Å². The summed E-state index contributed by atoms with van der Waals surface area (Å²) in [5, 5.41) is 12.7. The predicted molar refractivity (Wildman–Crippen MR) is 97.1 cm³/mol. The Balaban J connectivity index is 1.63. The molecule has 1 amide bonds. The molecule has 6 nitrogen and oxygen atoms in total. The first-order valence-electron chi connectivity index (χ1n) is 7.11. The molecule has 1 aromatic carbocycles. The average molecular weight is 380 g/mol. The van der Waals surface area contributed by atoms with Gasteiger partial charge in [-0.3, -0.25) is 9.89 Å². The third-order valence-corrected chi connectivity index (χ3v) is 4.96. The summed E-state index contributed by atoms with van der Waals surface area (Å²) in [6, 6.07) is 7.29. The van der Waals surface area contributed by atoms with E-state index in [2.05, 4.69) is 20.5 Å². The Labute approximate surface area is 152 Å². The van der Waals surface area contributed by atoms with E-state index in [1.807, 2.05) is 30.6 Å². The highest BCUT2D eigenvalue weighted by atomic mass is 35.5. The first-order valence-corrected chi connectivity index (χ1v) is 8.77. The van der Waals surface area contributed by atoms with Gasteiger partial charge in [-0.15, -0.1) is 11.3 Å². The van der Waals surface area contributed by atoms with Gasteiger partial charge in [0.1, 0.15) is 5.82 Å². The Hall–Kier alpha value is -2.03. The van der Waals surface area contributed by atoms with Crippen molar-refractivity contribution < 1.29 is 4.79 Å². The van der Waals surface area contributed by atoms with Crippen molar-refractivity contribution in [1.29, 1.82) is 0 Å². The molecule has 2 N–H and O–H groups in total. The third kappa shape index (κ3) is 3.89. The number of nitrogens with zero attached hydrogens (tertiary/aromatic N) is 3. The first-order chi connectivity index (χ1) is 11.5. The van der Waals surface area contributed by atoms with Crippen molar-refractivity contribution in [1.82, 2.24) is 19.7 Å². The number of carbonyl (C=O) groups excluding carboxylic acids is 1. The van der Waals surface area contributed by atoms with Gasteiger partial charge in [-0.25, -0.2) is 4.98 Å². The molecule has 0 aliphatic carbocycles. The van der Waals surface area contributed by atoms with Crippen molar-refractivity contribution in [2.45, 2.75) is 12.8 Å². The highest BCUT2D eigenvalue weighted by molar-refractivity contribution is 7.71. The Kier molecular flexibility index (Phi) is 5.08. The zero-order valence-electron chi connectivity index (χ0n) is 12.7. The number of aromatic amines is 1. The number of rotatable bonds is 5. The van der Waals surface area contributed by atoms with Gasteiger partial charge >= 0.3 is 0 Å². The molecule has 0 atom stereocenters. The normalized spacial score (nSPS) is 10.8. The second-order valence-electron chi connectivity index (χ2n) is 5.14. The quantitative estimate of drug-likeness (QED) is 0.666. The molecule has 0 saturated carbocycles. The van der Waals surface area contributed by atoms with E-state index in [0.717, 1.165) is 17.1 Å². The van der Waals surface area contributed by atoms with E-state index >= 15 is 0 Å². The van der Waals surface area contributed by atoms with Gasteiger partial charge in [-0.05, 0) is 23.8 Å². The van der Waals surface area contributed by atoms with Crippen molar-refractivity contribution in [3.63, 3.8) is 0 Å². The van der Waals surface area contributed by atoms with Crippen LogP contribution >= 0.6 is 35.2 Å². The number of H-pyrrole nitrogens is 1. The van der Waals surface area contributed by atoms with E-state index < -0.39 is 0 Å². The van der Waals surface area contributed by atoms with Crippen LogP contribution in [0.5, 0.6) is 0 Å². The van der Waals surface area contributed by atoms with Crippen molar-refractivity contribution >= 4 is 46.2 Å². The number of hydrogen-bond donors (Lipinski definition) is 2. The summed E-state index contributed by atoms with van der Waals surface area (Å²) in [5.41, 5.74) is 1.61. The summed E-state index contributed by atoms with van der Waals surface area (Å²) in [7, 11) is 1.85. The lowest BCUT2D eigenvalue weighted by Crippen LogP contribution is -2.14. The van der Waals surface area contributed by atoms with Crippen molar-refractivity contribution in [3.8, 4) is 0 Å². The van der Waals surface area contributed by atoms with E-state index in [4.69, 9.17) is 23.8 Å². The van der Waals surface area contributed by atoms with Gasteiger partial charge in [0, 0.05) is 17.5 Å². The van der Waals surface area contributed by atoms with Crippen molar-refractivity contribution in [2.24, 2.45) is 7.05 Å². The maximum Gasteiger partial charge on any atom is 0.230 e. The lowest BCUT2D eigenvalue weighted by Gasteiger charge is -2.03. The zero-order valence-corrected chi connectivity index (χ0v) is 15.1. The van der Waals surface area contributed by atoms with E-state index in [-0.39, 0.29) is 12.3 Å². The Morgan fingerprint density at radius 1 is 1.46 bits per heavy atom. The minimum Gasteiger partial charge on any atom is -0.307 e. The zero-order chi connectivity index (χ0) is 17.1. The molecule has 0 saturated heterocycles. The number of nitrogens with one attached hydrogen (secondary N) is 2. The minimum absolute atomic E-state index is 0.151. The smallest absolute Gasteiger partial charge is 0.230 e. The maximum absolute atomic E-state index is 12.1. The topological polar surface area (TPSA) is 75.6 Å². The van der Waals surface area contributed by atoms with Gasteiger partial charge in [0.25, 0.3) is 0 Å². The van der Waals surface area contributed by atoms with Gasteiger partial charge in [-0.1, -0.05) is 29.8 Å². The molecule has 0 aliphatic rings. The van der Waals surface area contributed by atoms with Crippen LogP contribution in [0.25, 0.3) is 0 Å². The number of carbonyl (C=O) groups is 1. The van der Waals surface area contributed by atoms with Gasteiger partial charge in [0.05, 0.1) is 18.5 Å². The maximum atomic E-state index is 12.1. The van der Waals surface area contributed by atoms with Crippen LogP contribution in [0.4, 0.5) is 5.13 Å². The number of benzene rings is 1. The number of hydrogen-bond acceptors (Lipinski definition) is 5. The second-order valence-corrected chi connectivity index (χ2v) is 6.79. The van der Waals surface area contributed by atoms with Crippen LogP contribution in [0.15, 0.2) is 29.6 Å². The number of halogens is 1. The minimum atomic E-state index is -0.151. The largest absolute Gasteiger partial charge is 0.307 e. The molecule has 0 fully saturated rings. The standard InChI is InChI=1S/C15H14ClN5OS2/c1-21-12(19-20-15(21)23)7-10-8-24-14(17-10)18-13(22)6-9-4-2-3-5-11(9)16/h2-5,8H,6-7H2,1H3,(H,20,23)(H,17,18,22). The molecular weight excluding hydrogens is 366 g/mol. The molecule has 124 valence electrons. The van der Waals surface area contributed by atoms with Crippen molar-refractivity contribution in [3.05, 3.63) is 56.5 Å². The summed E-state index contributed by atoms with van der Waals surface area (Å²) in [4.78, 5) is 16.5. The Bertz CT molecular complexity index is 930. The summed E-state index contributed by atoms with van der Waals surface area (Å²) < 4.78 is 2.36. The van der Waals surface area contributed by atoms with Crippen molar-refractivity contribution in [2.75, 3.05) is 5.32 Å². The molecule has 0 unspecified atom stereocenters. The van der Waals surface area contributed by atoms with Crippen LogP contribution in [0.3, 0.4) is 0 Å². The fourth-order valence-electron chi connectivity index (χ4n) is 2.12. The molecule has 0 aliphatic heterocycles. The third-order valence-electron chi connectivity index (χ3n) is 3.42. The lowest BCUT2D eigenvalue weighted by atomic mass is 10.1. The molecule has 0 spiro atoms. The summed E-state index contributed by atoms with van der Waals surface area (Å²) in [6.07, 6.45) is 0.753. The van der Waals surface area contributed by atoms with E-state index in [9.17, 15) is 4.79 Å². The lowest BCUT2D eigenvalue weighted by molar-refractivity contribution is -0.115. The molecule has 3 aromatic rings. The number of amides is 1. The molecule has 9 heteroatoms. The fourth-order valence-corrected chi connectivity index (χ4v) is 3.20. The number of thiazole rings is 1. The van der Waals surface area contributed by atoms with Crippen LogP contribution < -0.4 is 5.32 Å². The van der Waals surface area contributed by atoms with E-state index in [0.29, 0.717) is 21.3 Å². The SMILES string of the molecule is Cn1c(Cc2csc(NC(=O)Cc3ccccc3Cl)n2)n[nH]c1=S. The van der Waals surface area contributed by atoms with Crippen LogP contribution in [0.2, 0.25) is 5.02 Å². The second kappa shape index (κ2) is 7.25. The molecule has 24 heavy (non-hydrogen) atoms. The molecule has 2 heterocycles. The highest BCUT2D eigenvalue weighted by Gasteiger charge is 2.11. The number of aromatic nitrogens is 4. The van der Waals surface area contributed by atoms with E-state index in [1.54, 1.807) is 10.6 Å². The summed E-state index contributed by atoms with van der Waals surface area (Å²) in [6.45, 7) is 0. The predicted octanol–water partition coefficient (Wildman–Crippen LogP) is 3.36. The molecule has 3 rings (SSSR count).